The molecule has 0 saturated heterocycles. The number of para-hydroxylation sites is 1. The van der Waals surface area contributed by atoms with Crippen LogP contribution in [0.2, 0.25) is 0 Å². The fraction of sp³-hybridized carbons (Fsp3) is 0.350. The van der Waals surface area contributed by atoms with Crippen molar-refractivity contribution < 1.29 is 13.2 Å². The van der Waals surface area contributed by atoms with Gasteiger partial charge in [-0.25, -0.2) is 8.42 Å². The molecule has 1 amide bonds. The maximum absolute atomic E-state index is 12.8. The van der Waals surface area contributed by atoms with Gasteiger partial charge in [-0.1, -0.05) is 31.2 Å². The van der Waals surface area contributed by atoms with Crippen molar-refractivity contribution in [3.05, 3.63) is 59.2 Å². The van der Waals surface area contributed by atoms with Crippen molar-refractivity contribution in [3.63, 3.8) is 0 Å². The van der Waals surface area contributed by atoms with Gasteiger partial charge in [0.1, 0.15) is 0 Å². The number of rotatable bonds is 5. The summed E-state index contributed by atoms with van der Waals surface area (Å²) in [5, 5.41) is 2.84. The standard InChI is InChI=1S/C20H26N2O3S/c1-6-15-10-7-9-14(2)18(15)22-26(24,25)17-12-8-11-16(13-17)19(23)21-20(3,4)5/h7-13,22H,6H2,1-5H3,(H,21,23). The molecule has 0 radical (unpaired) electrons. The number of benzene rings is 2. The Morgan fingerprint density at radius 2 is 1.73 bits per heavy atom. The second kappa shape index (κ2) is 7.50. The maximum atomic E-state index is 12.8. The summed E-state index contributed by atoms with van der Waals surface area (Å²) in [6.45, 7) is 9.46. The summed E-state index contributed by atoms with van der Waals surface area (Å²) in [5.41, 5.74) is 2.29. The number of hydrogen-bond acceptors (Lipinski definition) is 3. The van der Waals surface area contributed by atoms with E-state index in [1.807, 2.05) is 52.8 Å². The molecule has 140 valence electrons. The van der Waals surface area contributed by atoms with Crippen LogP contribution < -0.4 is 10.0 Å². The molecular formula is C20H26N2O3S. The average molecular weight is 375 g/mol. The maximum Gasteiger partial charge on any atom is 0.261 e. The van der Waals surface area contributed by atoms with E-state index in [0.717, 1.165) is 11.1 Å². The van der Waals surface area contributed by atoms with Gasteiger partial charge in [-0.2, -0.15) is 0 Å². The molecule has 0 aliphatic heterocycles. The largest absolute Gasteiger partial charge is 0.347 e. The summed E-state index contributed by atoms with van der Waals surface area (Å²) in [4.78, 5) is 12.4. The van der Waals surface area contributed by atoms with Gasteiger partial charge in [0, 0.05) is 11.1 Å². The molecule has 0 saturated carbocycles. The molecule has 5 nitrogen and oxygen atoms in total. The van der Waals surface area contributed by atoms with Gasteiger partial charge >= 0.3 is 0 Å². The van der Waals surface area contributed by atoms with Gasteiger partial charge in [-0.3, -0.25) is 9.52 Å². The summed E-state index contributed by atoms with van der Waals surface area (Å²) < 4.78 is 28.4. The van der Waals surface area contributed by atoms with E-state index in [-0.39, 0.29) is 10.8 Å². The fourth-order valence-electron chi connectivity index (χ4n) is 2.58. The highest BCUT2D eigenvalue weighted by Crippen LogP contribution is 2.25. The molecule has 0 atom stereocenters. The minimum Gasteiger partial charge on any atom is -0.347 e. The van der Waals surface area contributed by atoms with Gasteiger partial charge < -0.3 is 5.32 Å². The van der Waals surface area contributed by atoms with Crippen molar-refractivity contribution in [3.8, 4) is 0 Å². The number of aryl methyl sites for hydroxylation is 2. The lowest BCUT2D eigenvalue weighted by Gasteiger charge is -2.20. The SMILES string of the molecule is CCc1cccc(C)c1NS(=O)(=O)c1cccc(C(=O)NC(C)(C)C)c1. The predicted molar refractivity (Wildman–Crippen MR) is 105 cm³/mol. The highest BCUT2D eigenvalue weighted by molar-refractivity contribution is 7.92. The summed E-state index contributed by atoms with van der Waals surface area (Å²) in [6, 6.07) is 11.7. The van der Waals surface area contributed by atoms with Crippen molar-refractivity contribution in [1.82, 2.24) is 5.32 Å². The molecular weight excluding hydrogens is 348 g/mol. The number of amides is 1. The molecule has 0 bridgehead atoms. The Morgan fingerprint density at radius 1 is 1.08 bits per heavy atom. The Morgan fingerprint density at radius 3 is 2.35 bits per heavy atom. The molecule has 0 aliphatic carbocycles. The van der Waals surface area contributed by atoms with Gasteiger partial charge in [0.2, 0.25) is 0 Å². The van der Waals surface area contributed by atoms with Crippen LogP contribution in [0.15, 0.2) is 47.4 Å². The molecule has 0 aromatic heterocycles. The van der Waals surface area contributed by atoms with Crippen LogP contribution in [-0.4, -0.2) is 19.9 Å². The summed E-state index contributed by atoms with van der Waals surface area (Å²) in [6.07, 6.45) is 0.716. The topological polar surface area (TPSA) is 75.3 Å². The molecule has 0 heterocycles. The van der Waals surface area contributed by atoms with E-state index < -0.39 is 15.6 Å². The minimum atomic E-state index is -3.80. The van der Waals surface area contributed by atoms with Crippen LogP contribution in [0.25, 0.3) is 0 Å². The first-order valence-corrected chi connectivity index (χ1v) is 10.1. The van der Waals surface area contributed by atoms with Gasteiger partial charge in [-0.15, -0.1) is 0 Å². The van der Waals surface area contributed by atoms with Gasteiger partial charge in [-0.05, 0) is 63.4 Å². The zero-order chi connectivity index (χ0) is 19.5. The van der Waals surface area contributed by atoms with E-state index in [0.29, 0.717) is 17.7 Å². The van der Waals surface area contributed by atoms with Crippen LogP contribution >= 0.6 is 0 Å². The van der Waals surface area contributed by atoms with Crippen LogP contribution in [0.1, 0.15) is 49.2 Å². The van der Waals surface area contributed by atoms with Crippen molar-refractivity contribution in [2.24, 2.45) is 0 Å². The Bertz CT molecular complexity index is 913. The van der Waals surface area contributed by atoms with Gasteiger partial charge in [0.05, 0.1) is 10.6 Å². The highest BCUT2D eigenvalue weighted by atomic mass is 32.2. The number of anilines is 1. The molecule has 2 N–H and O–H groups in total. The normalized spacial score (nSPS) is 11.9. The lowest BCUT2D eigenvalue weighted by atomic mass is 10.1. The van der Waals surface area contributed by atoms with Crippen LogP contribution in [0.4, 0.5) is 5.69 Å². The average Bonchev–Trinajstić information content (AvgIpc) is 2.55. The number of hydrogen-bond donors (Lipinski definition) is 2. The summed E-state index contributed by atoms with van der Waals surface area (Å²) in [5.74, 6) is -0.306. The Balaban J connectivity index is 2.36. The van der Waals surface area contributed by atoms with Gasteiger partial charge in [0.15, 0.2) is 0 Å². The number of sulfonamides is 1. The first-order valence-electron chi connectivity index (χ1n) is 8.57. The fourth-order valence-corrected chi connectivity index (χ4v) is 3.80. The molecule has 0 spiro atoms. The highest BCUT2D eigenvalue weighted by Gasteiger charge is 2.20. The number of carbonyl (C=O) groups is 1. The molecule has 0 aliphatic rings. The second-order valence-corrected chi connectivity index (χ2v) is 8.98. The lowest BCUT2D eigenvalue weighted by Crippen LogP contribution is -2.40. The molecule has 2 aromatic carbocycles. The van der Waals surface area contributed by atoms with Crippen molar-refractivity contribution in [1.29, 1.82) is 0 Å². The predicted octanol–water partition coefficient (Wildman–Crippen LogP) is 3.89. The van der Waals surface area contributed by atoms with Crippen molar-refractivity contribution in [2.75, 3.05) is 4.72 Å². The Hall–Kier alpha value is -2.34. The number of nitrogens with one attached hydrogen (secondary N) is 2. The zero-order valence-electron chi connectivity index (χ0n) is 15.9. The van der Waals surface area contributed by atoms with E-state index in [4.69, 9.17) is 0 Å². The smallest absolute Gasteiger partial charge is 0.261 e. The van der Waals surface area contributed by atoms with Crippen LogP contribution in [0.3, 0.4) is 0 Å². The van der Waals surface area contributed by atoms with Crippen LogP contribution in [-0.2, 0) is 16.4 Å². The quantitative estimate of drug-likeness (QED) is 0.834. The van der Waals surface area contributed by atoms with E-state index in [1.54, 1.807) is 12.1 Å². The van der Waals surface area contributed by atoms with E-state index in [9.17, 15) is 13.2 Å². The first kappa shape index (κ1) is 20.0. The molecule has 26 heavy (non-hydrogen) atoms. The Kier molecular flexibility index (Phi) is 5.76. The van der Waals surface area contributed by atoms with E-state index >= 15 is 0 Å². The summed E-state index contributed by atoms with van der Waals surface area (Å²) in [7, 11) is -3.80. The van der Waals surface area contributed by atoms with Gasteiger partial charge in [0.25, 0.3) is 15.9 Å². The number of carbonyl (C=O) groups excluding carboxylic acids is 1. The monoisotopic (exact) mass is 374 g/mol. The molecule has 0 unspecified atom stereocenters. The lowest BCUT2D eigenvalue weighted by molar-refractivity contribution is 0.0919. The zero-order valence-corrected chi connectivity index (χ0v) is 16.7. The molecule has 2 rings (SSSR count). The first-order chi connectivity index (χ1) is 12.0. The Labute approximate surface area is 155 Å². The van der Waals surface area contributed by atoms with Crippen molar-refractivity contribution >= 4 is 21.6 Å². The molecule has 2 aromatic rings. The third-order valence-electron chi connectivity index (χ3n) is 3.87. The van der Waals surface area contributed by atoms with Crippen molar-refractivity contribution in [2.45, 2.75) is 51.5 Å². The summed E-state index contributed by atoms with van der Waals surface area (Å²) >= 11 is 0. The second-order valence-electron chi connectivity index (χ2n) is 7.30. The third-order valence-corrected chi connectivity index (χ3v) is 5.22. The third kappa shape index (κ3) is 4.85. The minimum absolute atomic E-state index is 0.0596. The van der Waals surface area contributed by atoms with Crippen LogP contribution in [0, 0.1) is 6.92 Å². The molecule has 6 heteroatoms. The van der Waals surface area contributed by atoms with E-state index in [2.05, 4.69) is 10.0 Å². The molecule has 0 fully saturated rings. The van der Waals surface area contributed by atoms with Crippen LogP contribution in [0.5, 0.6) is 0 Å². The van der Waals surface area contributed by atoms with E-state index in [1.165, 1.54) is 12.1 Å².